The Labute approximate surface area is 196 Å². The molecule has 1 saturated heterocycles. The largest absolute Gasteiger partial charge is 0.463 e. The van der Waals surface area contributed by atoms with Crippen molar-refractivity contribution in [2.75, 3.05) is 13.2 Å². The van der Waals surface area contributed by atoms with Crippen molar-refractivity contribution >= 4 is 17.9 Å². The normalized spacial score (nSPS) is 38.2. The lowest BCUT2D eigenvalue weighted by atomic mass is 9.46. The van der Waals surface area contributed by atoms with Gasteiger partial charge in [0.15, 0.2) is 6.29 Å². The van der Waals surface area contributed by atoms with Crippen molar-refractivity contribution in [1.29, 1.82) is 0 Å². The van der Waals surface area contributed by atoms with Crippen LogP contribution in [-0.4, -0.2) is 54.7 Å². The summed E-state index contributed by atoms with van der Waals surface area (Å²) in [5.41, 5.74) is -2.90. The molecule has 4 bridgehead atoms. The summed E-state index contributed by atoms with van der Waals surface area (Å²) in [6.07, 6.45) is 3.31. The highest BCUT2D eigenvalue weighted by molar-refractivity contribution is 5.84. The van der Waals surface area contributed by atoms with Crippen LogP contribution >= 0.6 is 0 Å². The van der Waals surface area contributed by atoms with Gasteiger partial charge in [0.1, 0.15) is 5.60 Å². The van der Waals surface area contributed by atoms with Crippen LogP contribution in [0.5, 0.6) is 0 Å². The van der Waals surface area contributed by atoms with Crippen LogP contribution in [0.25, 0.3) is 0 Å². The molecule has 0 spiro atoms. The van der Waals surface area contributed by atoms with E-state index in [0.29, 0.717) is 51.6 Å². The Bertz CT molecular complexity index is 808. The molecule has 1 aliphatic heterocycles. The number of ether oxygens (including phenoxy) is 5. The number of rotatable bonds is 9. The molecular weight excluding hydrogens is 428 g/mol. The molecule has 4 aliphatic carbocycles. The van der Waals surface area contributed by atoms with Crippen LogP contribution in [0, 0.1) is 16.7 Å². The van der Waals surface area contributed by atoms with E-state index in [9.17, 15) is 14.4 Å². The summed E-state index contributed by atoms with van der Waals surface area (Å²) in [5.74, 6) is -0.976. The van der Waals surface area contributed by atoms with E-state index in [2.05, 4.69) is 0 Å². The van der Waals surface area contributed by atoms with Crippen LogP contribution in [0.15, 0.2) is 0 Å². The summed E-state index contributed by atoms with van der Waals surface area (Å²) in [6.45, 7) is 10.3. The van der Waals surface area contributed by atoms with Gasteiger partial charge >= 0.3 is 17.9 Å². The lowest BCUT2D eigenvalue weighted by molar-refractivity contribution is -0.296. The van der Waals surface area contributed by atoms with E-state index < -0.39 is 46.4 Å². The maximum absolute atomic E-state index is 13.6. The molecule has 6 unspecified atom stereocenters. The SMILES string of the molecule is CCOC(C)OC12CC3CC(OC(=O)C(C)(C)CC)(C1)CC(C(=O)OC1CCOC1=O)(C3)C2. The van der Waals surface area contributed by atoms with Crippen LogP contribution in [0.1, 0.15) is 86.0 Å². The van der Waals surface area contributed by atoms with Crippen LogP contribution in [-0.2, 0) is 38.1 Å². The molecule has 6 atom stereocenters. The minimum absolute atomic E-state index is 0.163. The molecule has 5 rings (SSSR count). The molecule has 0 radical (unpaired) electrons. The lowest BCUT2D eigenvalue weighted by Crippen LogP contribution is -2.68. The first-order valence-electron chi connectivity index (χ1n) is 12.4. The van der Waals surface area contributed by atoms with Gasteiger partial charge in [-0.25, -0.2) is 4.79 Å². The minimum atomic E-state index is -0.859. The van der Waals surface area contributed by atoms with Crippen LogP contribution in [0.4, 0.5) is 0 Å². The van der Waals surface area contributed by atoms with E-state index >= 15 is 0 Å². The Morgan fingerprint density at radius 1 is 1.12 bits per heavy atom. The van der Waals surface area contributed by atoms with E-state index in [4.69, 9.17) is 23.7 Å². The highest BCUT2D eigenvalue weighted by Crippen LogP contribution is 2.66. The van der Waals surface area contributed by atoms with Crippen LogP contribution in [0.2, 0.25) is 0 Å². The van der Waals surface area contributed by atoms with E-state index in [1.807, 2.05) is 34.6 Å². The Morgan fingerprint density at radius 3 is 2.45 bits per heavy atom. The lowest BCUT2D eigenvalue weighted by Gasteiger charge is -2.64. The molecule has 186 valence electrons. The maximum Gasteiger partial charge on any atom is 0.347 e. The van der Waals surface area contributed by atoms with Gasteiger partial charge in [0.2, 0.25) is 6.10 Å². The van der Waals surface area contributed by atoms with Gasteiger partial charge in [0.25, 0.3) is 0 Å². The van der Waals surface area contributed by atoms with Crippen molar-refractivity contribution in [3.8, 4) is 0 Å². The molecule has 0 aromatic carbocycles. The predicted octanol–water partition coefficient (Wildman–Crippen LogP) is 3.69. The summed E-state index contributed by atoms with van der Waals surface area (Å²) >= 11 is 0. The molecule has 8 nitrogen and oxygen atoms in total. The first-order valence-corrected chi connectivity index (χ1v) is 12.4. The molecule has 5 aliphatic rings. The average Bonchev–Trinajstić information content (AvgIpc) is 3.10. The van der Waals surface area contributed by atoms with E-state index in [0.717, 1.165) is 6.42 Å². The highest BCUT2D eigenvalue weighted by Gasteiger charge is 2.69. The van der Waals surface area contributed by atoms with Gasteiger partial charge in [0, 0.05) is 25.9 Å². The number of carbonyl (C=O) groups is 3. The van der Waals surface area contributed by atoms with Crippen LogP contribution in [0.3, 0.4) is 0 Å². The van der Waals surface area contributed by atoms with Crippen molar-refractivity contribution in [1.82, 2.24) is 0 Å². The second kappa shape index (κ2) is 8.52. The van der Waals surface area contributed by atoms with Gasteiger partial charge in [-0.1, -0.05) is 6.92 Å². The van der Waals surface area contributed by atoms with Gasteiger partial charge in [-0.2, -0.15) is 0 Å². The fraction of sp³-hybridized carbons (Fsp3) is 0.880. The Morgan fingerprint density at radius 2 is 1.82 bits per heavy atom. The zero-order valence-electron chi connectivity index (χ0n) is 20.6. The van der Waals surface area contributed by atoms with Crippen molar-refractivity contribution in [2.45, 2.75) is 110 Å². The molecule has 0 N–H and O–H groups in total. The second-order valence-electron chi connectivity index (χ2n) is 11.3. The molecule has 5 fully saturated rings. The van der Waals surface area contributed by atoms with Crippen molar-refractivity contribution in [2.24, 2.45) is 16.7 Å². The number of hydrogen-bond donors (Lipinski definition) is 0. The van der Waals surface area contributed by atoms with Crippen LogP contribution < -0.4 is 0 Å². The zero-order chi connectivity index (χ0) is 24.1. The van der Waals surface area contributed by atoms with Crippen molar-refractivity contribution in [3.05, 3.63) is 0 Å². The first kappa shape index (κ1) is 24.5. The van der Waals surface area contributed by atoms with Gasteiger partial charge in [-0.3, -0.25) is 9.59 Å². The van der Waals surface area contributed by atoms with Crippen molar-refractivity contribution in [3.63, 3.8) is 0 Å². The summed E-state index contributed by atoms with van der Waals surface area (Å²) in [5, 5.41) is 0. The topological polar surface area (TPSA) is 97.4 Å². The Balaban J connectivity index is 1.64. The van der Waals surface area contributed by atoms with Crippen molar-refractivity contribution < 1.29 is 38.1 Å². The third-order valence-electron chi connectivity index (χ3n) is 8.10. The molecule has 33 heavy (non-hydrogen) atoms. The Hall–Kier alpha value is -1.67. The maximum atomic E-state index is 13.6. The third-order valence-corrected chi connectivity index (χ3v) is 8.10. The smallest absolute Gasteiger partial charge is 0.347 e. The average molecular weight is 467 g/mol. The standard InChI is InChI=1S/C25H38O8/c1-6-22(4,5)20(27)33-25-12-17-10-23(14-25,21(28)31-18-8-9-30-19(18)26)13-24(11-17,15-25)32-16(3)29-7-2/h16-18H,6-15H2,1-5H3. The summed E-state index contributed by atoms with van der Waals surface area (Å²) in [4.78, 5) is 38.7. The third kappa shape index (κ3) is 4.53. The molecule has 4 saturated carbocycles. The summed E-state index contributed by atoms with van der Waals surface area (Å²) < 4.78 is 29.1. The number of hydrogen-bond acceptors (Lipinski definition) is 8. The molecular formula is C25H38O8. The quantitative estimate of drug-likeness (QED) is 0.288. The Kier molecular flexibility index (Phi) is 6.32. The molecule has 0 aromatic heterocycles. The van der Waals surface area contributed by atoms with Gasteiger partial charge < -0.3 is 23.7 Å². The van der Waals surface area contributed by atoms with E-state index in [1.54, 1.807) is 0 Å². The predicted molar refractivity (Wildman–Crippen MR) is 117 cm³/mol. The van der Waals surface area contributed by atoms with Gasteiger partial charge in [0.05, 0.1) is 23.0 Å². The number of cyclic esters (lactones) is 1. The fourth-order valence-corrected chi connectivity index (χ4v) is 6.67. The van der Waals surface area contributed by atoms with E-state index in [1.165, 1.54) is 0 Å². The first-order chi connectivity index (χ1) is 15.5. The summed E-state index contributed by atoms with van der Waals surface area (Å²) in [7, 11) is 0. The minimum Gasteiger partial charge on any atom is -0.463 e. The zero-order valence-corrected chi connectivity index (χ0v) is 20.6. The highest BCUT2D eigenvalue weighted by atomic mass is 16.7. The monoisotopic (exact) mass is 466 g/mol. The number of carbonyl (C=O) groups excluding carboxylic acids is 3. The molecule has 0 amide bonds. The summed E-state index contributed by atoms with van der Waals surface area (Å²) in [6, 6.07) is 0. The van der Waals surface area contributed by atoms with Gasteiger partial charge in [-0.05, 0) is 65.7 Å². The van der Waals surface area contributed by atoms with E-state index in [-0.39, 0.29) is 18.5 Å². The molecule has 8 heteroatoms. The van der Waals surface area contributed by atoms with Gasteiger partial charge in [-0.15, -0.1) is 0 Å². The molecule has 0 aromatic rings. The molecule has 1 heterocycles. The number of esters is 3. The fourth-order valence-electron chi connectivity index (χ4n) is 6.67. The second-order valence-corrected chi connectivity index (χ2v) is 11.3.